The van der Waals surface area contributed by atoms with Crippen molar-refractivity contribution >= 4 is 15.9 Å². The van der Waals surface area contributed by atoms with Crippen molar-refractivity contribution in [2.45, 2.75) is 46.8 Å². The standard InChI is InChI=1S/C13H19BrN4O/c1-4-10-6-16-12(19-10)8-15-7-11-13(14)9(3)17-18(11)5-2/h6,15H,4-5,7-8H2,1-3H3. The molecule has 0 fully saturated rings. The zero-order valence-corrected chi connectivity index (χ0v) is 13.1. The van der Waals surface area contributed by atoms with Crippen LogP contribution in [-0.4, -0.2) is 14.8 Å². The van der Waals surface area contributed by atoms with Gasteiger partial charge in [0.25, 0.3) is 0 Å². The molecule has 104 valence electrons. The molecule has 0 radical (unpaired) electrons. The van der Waals surface area contributed by atoms with Crippen LogP contribution in [0.3, 0.4) is 0 Å². The van der Waals surface area contributed by atoms with Crippen LogP contribution in [0, 0.1) is 6.92 Å². The molecule has 5 nitrogen and oxygen atoms in total. The summed E-state index contributed by atoms with van der Waals surface area (Å²) in [5.41, 5.74) is 2.17. The van der Waals surface area contributed by atoms with E-state index < -0.39 is 0 Å². The molecule has 19 heavy (non-hydrogen) atoms. The Morgan fingerprint density at radius 3 is 2.79 bits per heavy atom. The summed E-state index contributed by atoms with van der Waals surface area (Å²) in [7, 11) is 0. The molecule has 0 aliphatic carbocycles. The summed E-state index contributed by atoms with van der Waals surface area (Å²) in [4.78, 5) is 4.23. The average Bonchev–Trinajstić information content (AvgIpc) is 2.98. The Morgan fingerprint density at radius 1 is 1.37 bits per heavy atom. The third-order valence-electron chi connectivity index (χ3n) is 2.97. The van der Waals surface area contributed by atoms with Gasteiger partial charge in [-0.1, -0.05) is 6.92 Å². The lowest BCUT2D eigenvalue weighted by atomic mass is 10.3. The van der Waals surface area contributed by atoms with E-state index in [1.54, 1.807) is 6.20 Å². The van der Waals surface area contributed by atoms with Crippen molar-refractivity contribution in [3.05, 3.63) is 33.7 Å². The second kappa shape index (κ2) is 6.34. The van der Waals surface area contributed by atoms with Gasteiger partial charge < -0.3 is 9.73 Å². The van der Waals surface area contributed by atoms with Gasteiger partial charge in [-0.05, 0) is 29.8 Å². The molecule has 6 heteroatoms. The number of rotatable bonds is 6. The number of nitrogens with one attached hydrogen (secondary N) is 1. The van der Waals surface area contributed by atoms with Gasteiger partial charge in [-0.15, -0.1) is 0 Å². The zero-order valence-electron chi connectivity index (χ0n) is 11.5. The largest absolute Gasteiger partial charge is 0.444 e. The Labute approximate surface area is 121 Å². The number of halogens is 1. The van der Waals surface area contributed by atoms with Gasteiger partial charge in [0.2, 0.25) is 5.89 Å². The quantitative estimate of drug-likeness (QED) is 0.886. The van der Waals surface area contributed by atoms with Crippen molar-refractivity contribution < 1.29 is 4.42 Å². The van der Waals surface area contributed by atoms with Crippen LogP contribution in [0.2, 0.25) is 0 Å². The van der Waals surface area contributed by atoms with E-state index in [2.05, 4.69) is 45.2 Å². The fourth-order valence-corrected chi connectivity index (χ4v) is 2.34. The van der Waals surface area contributed by atoms with Gasteiger partial charge >= 0.3 is 0 Å². The van der Waals surface area contributed by atoms with E-state index in [4.69, 9.17) is 4.42 Å². The Bertz CT molecular complexity index is 547. The van der Waals surface area contributed by atoms with E-state index >= 15 is 0 Å². The highest BCUT2D eigenvalue weighted by atomic mass is 79.9. The van der Waals surface area contributed by atoms with Crippen LogP contribution >= 0.6 is 15.9 Å². The second-order valence-electron chi connectivity index (χ2n) is 4.34. The number of aromatic nitrogens is 3. The Balaban J connectivity index is 1.95. The van der Waals surface area contributed by atoms with Gasteiger partial charge in [0.1, 0.15) is 5.76 Å². The first-order valence-corrected chi connectivity index (χ1v) is 7.31. The lowest BCUT2D eigenvalue weighted by molar-refractivity contribution is 0.435. The summed E-state index contributed by atoms with van der Waals surface area (Å²) < 4.78 is 8.63. The molecule has 1 N–H and O–H groups in total. The summed E-state index contributed by atoms with van der Waals surface area (Å²) in [6, 6.07) is 0. The minimum atomic E-state index is 0.625. The highest BCUT2D eigenvalue weighted by Crippen LogP contribution is 2.20. The third kappa shape index (κ3) is 3.25. The van der Waals surface area contributed by atoms with E-state index in [0.717, 1.165) is 47.0 Å². The van der Waals surface area contributed by atoms with Gasteiger partial charge in [0.05, 0.1) is 28.6 Å². The first-order valence-electron chi connectivity index (χ1n) is 6.51. The van der Waals surface area contributed by atoms with Gasteiger partial charge in [0.15, 0.2) is 0 Å². The Morgan fingerprint density at radius 2 is 2.16 bits per heavy atom. The smallest absolute Gasteiger partial charge is 0.208 e. The van der Waals surface area contributed by atoms with Crippen LogP contribution in [-0.2, 0) is 26.1 Å². The first-order chi connectivity index (χ1) is 9.15. The van der Waals surface area contributed by atoms with Crippen molar-refractivity contribution in [1.29, 1.82) is 0 Å². The highest BCUT2D eigenvalue weighted by Gasteiger charge is 2.11. The van der Waals surface area contributed by atoms with Crippen molar-refractivity contribution in [3.8, 4) is 0 Å². The molecular weight excluding hydrogens is 308 g/mol. The normalized spacial score (nSPS) is 11.2. The molecule has 0 saturated heterocycles. The Hall–Kier alpha value is -1.14. The number of nitrogens with zero attached hydrogens (tertiary/aromatic N) is 3. The molecule has 2 rings (SSSR count). The van der Waals surface area contributed by atoms with Gasteiger partial charge in [0, 0.05) is 19.5 Å². The van der Waals surface area contributed by atoms with Gasteiger partial charge in [-0.2, -0.15) is 5.10 Å². The van der Waals surface area contributed by atoms with Crippen LogP contribution in [0.4, 0.5) is 0 Å². The summed E-state index contributed by atoms with van der Waals surface area (Å²) in [6.45, 7) is 8.37. The van der Waals surface area contributed by atoms with E-state index in [9.17, 15) is 0 Å². The highest BCUT2D eigenvalue weighted by molar-refractivity contribution is 9.10. The van der Waals surface area contributed by atoms with Crippen molar-refractivity contribution in [1.82, 2.24) is 20.1 Å². The van der Waals surface area contributed by atoms with E-state index in [1.807, 2.05) is 11.6 Å². The predicted molar refractivity (Wildman–Crippen MR) is 76.8 cm³/mol. The molecule has 0 spiro atoms. The third-order valence-corrected chi connectivity index (χ3v) is 4.00. The Kier molecular flexibility index (Phi) is 4.76. The number of oxazole rings is 1. The minimum absolute atomic E-state index is 0.625. The fourth-order valence-electron chi connectivity index (χ4n) is 1.92. The molecule has 0 saturated carbocycles. The minimum Gasteiger partial charge on any atom is -0.444 e. The first kappa shape index (κ1) is 14.3. The molecule has 0 aliphatic heterocycles. The molecule has 0 aliphatic rings. The van der Waals surface area contributed by atoms with E-state index in [0.29, 0.717) is 6.54 Å². The van der Waals surface area contributed by atoms with Crippen LogP contribution in [0.25, 0.3) is 0 Å². The summed E-state index contributed by atoms with van der Waals surface area (Å²) in [6.07, 6.45) is 2.66. The van der Waals surface area contributed by atoms with Crippen LogP contribution in [0.1, 0.15) is 36.9 Å². The molecule has 0 unspecified atom stereocenters. The van der Waals surface area contributed by atoms with E-state index in [-0.39, 0.29) is 0 Å². The van der Waals surface area contributed by atoms with Crippen LogP contribution in [0.15, 0.2) is 15.1 Å². The maximum absolute atomic E-state index is 5.56. The number of aryl methyl sites for hydroxylation is 3. The summed E-state index contributed by atoms with van der Waals surface area (Å²) >= 11 is 3.58. The molecule has 0 amide bonds. The predicted octanol–water partition coefficient (Wildman–Crippen LogP) is 2.81. The summed E-state index contributed by atoms with van der Waals surface area (Å²) in [5, 5.41) is 7.80. The SMILES string of the molecule is CCc1cnc(CNCc2c(Br)c(C)nn2CC)o1. The zero-order chi connectivity index (χ0) is 13.8. The molecule has 2 aromatic rings. The van der Waals surface area contributed by atoms with Crippen molar-refractivity contribution in [2.24, 2.45) is 0 Å². The van der Waals surface area contributed by atoms with Crippen LogP contribution in [0.5, 0.6) is 0 Å². The lowest BCUT2D eigenvalue weighted by Gasteiger charge is -2.06. The number of hydrogen-bond acceptors (Lipinski definition) is 4. The van der Waals surface area contributed by atoms with Gasteiger partial charge in [-0.3, -0.25) is 4.68 Å². The molecule has 2 heterocycles. The van der Waals surface area contributed by atoms with Crippen molar-refractivity contribution in [3.63, 3.8) is 0 Å². The maximum atomic E-state index is 5.56. The molecule has 2 aromatic heterocycles. The van der Waals surface area contributed by atoms with Gasteiger partial charge in [-0.25, -0.2) is 4.98 Å². The van der Waals surface area contributed by atoms with Crippen LogP contribution < -0.4 is 5.32 Å². The lowest BCUT2D eigenvalue weighted by Crippen LogP contribution is -2.16. The monoisotopic (exact) mass is 326 g/mol. The van der Waals surface area contributed by atoms with E-state index in [1.165, 1.54) is 0 Å². The molecule has 0 aromatic carbocycles. The fraction of sp³-hybridized carbons (Fsp3) is 0.538. The molecule has 0 atom stereocenters. The topological polar surface area (TPSA) is 55.9 Å². The average molecular weight is 327 g/mol. The van der Waals surface area contributed by atoms with Crippen molar-refractivity contribution in [2.75, 3.05) is 0 Å². The number of hydrogen-bond donors (Lipinski definition) is 1. The molecule has 0 bridgehead atoms. The maximum Gasteiger partial charge on any atom is 0.208 e. The molecular formula is C13H19BrN4O. The summed E-state index contributed by atoms with van der Waals surface area (Å²) in [5.74, 6) is 1.65. The second-order valence-corrected chi connectivity index (χ2v) is 5.13.